The second kappa shape index (κ2) is 7.44. The number of benzene rings is 2. The van der Waals surface area contributed by atoms with E-state index < -0.39 is 11.9 Å². The summed E-state index contributed by atoms with van der Waals surface area (Å²) in [6, 6.07) is 14.0. The largest absolute Gasteiger partial charge is 0.478 e. The molecule has 1 aromatic heterocycles. The van der Waals surface area contributed by atoms with Crippen molar-refractivity contribution in [3.8, 4) is 17.0 Å². The Bertz CT molecular complexity index is 877. The molecule has 1 unspecified atom stereocenters. The van der Waals surface area contributed by atoms with Gasteiger partial charge in [-0.25, -0.2) is 9.37 Å². The van der Waals surface area contributed by atoms with Crippen LogP contribution < -0.4 is 10.1 Å². The first-order valence-electron chi connectivity index (χ1n) is 7.77. The third-order valence-corrected chi connectivity index (χ3v) is 4.35. The van der Waals surface area contributed by atoms with Crippen molar-refractivity contribution in [2.45, 2.75) is 20.0 Å². The average Bonchev–Trinajstić information content (AvgIpc) is 3.06. The highest BCUT2D eigenvalue weighted by atomic mass is 32.1. The van der Waals surface area contributed by atoms with Crippen molar-refractivity contribution < 1.29 is 13.9 Å². The van der Waals surface area contributed by atoms with Crippen molar-refractivity contribution in [3.63, 3.8) is 0 Å². The van der Waals surface area contributed by atoms with Crippen LogP contribution in [-0.2, 0) is 4.79 Å². The van der Waals surface area contributed by atoms with Gasteiger partial charge in [0, 0.05) is 10.9 Å². The number of halogens is 1. The summed E-state index contributed by atoms with van der Waals surface area (Å²) in [5, 5.41) is 5.06. The Kier molecular flexibility index (Phi) is 5.09. The smallest absolute Gasteiger partial charge is 0.266 e. The number of thiazole rings is 1. The predicted molar refractivity (Wildman–Crippen MR) is 97.4 cm³/mol. The zero-order valence-corrected chi connectivity index (χ0v) is 14.6. The predicted octanol–water partition coefficient (Wildman–Crippen LogP) is 4.66. The first-order valence-corrected chi connectivity index (χ1v) is 8.65. The molecule has 0 saturated carbocycles. The van der Waals surface area contributed by atoms with Crippen LogP contribution in [0.25, 0.3) is 11.3 Å². The molecule has 3 rings (SSSR count). The van der Waals surface area contributed by atoms with Crippen LogP contribution in [-0.4, -0.2) is 17.0 Å². The molecule has 4 nitrogen and oxygen atoms in total. The van der Waals surface area contributed by atoms with Crippen molar-refractivity contribution in [2.75, 3.05) is 5.32 Å². The maximum Gasteiger partial charge on any atom is 0.266 e. The summed E-state index contributed by atoms with van der Waals surface area (Å²) in [4.78, 5) is 16.6. The number of amides is 1. The van der Waals surface area contributed by atoms with Gasteiger partial charge >= 0.3 is 0 Å². The third-order valence-electron chi connectivity index (χ3n) is 3.59. The fourth-order valence-electron chi connectivity index (χ4n) is 2.18. The molecule has 0 aliphatic carbocycles. The summed E-state index contributed by atoms with van der Waals surface area (Å²) in [5.74, 6) is -0.837. The molecular weight excluding hydrogens is 339 g/mol. The Morgan fingerprint density at radius 3 is 2.64 bits per heavy atom. The molecule has 1 amide bonds. The fourth-order valence-corrected chi connectivity index (χ4v) is 2.90. The van der Waals surface area contributed by atoms with Crippen LogP contribution in [0.1, 0.15) is 12.5 Å². The minimum absolute atomic E-state index is 0.0460. The lowest BCUT2D eigenvalue weighted by Gasteiger charge is -2.14. The van der Waals surface area contributed by atoms with Crippen molar-refractivity contribution in [1.29, 1.82) is 0 Å². The van der Waals surface area contributed by atoms with Crippen LogP contribution >= 0.6 is 11.3 Å². The van der Waals surface area contributed by atoms with Crippen molar-refractivity contribution >= 4 is 22.4 Å². The Balaban J connectivity index is 1.65. The Morgan fingerprint density at radius 2 is 1.92 bits per heavy atom. The van der Waals surface area contributed by atoms with Crippen LogP contribution in [0, 0.1) is 12.7 Å². The molecule has 0 aliphatic heterocycles. The van der Waals surface area contributed by atoms with E-state index in [1.807, 2.05) is 36.6 Å². The number of rotatable bonds is 5. The molecule has 128 valence electrons. The molecule has 2 aromatic carbocycles. The van der Waals surface area contributed by atoms with Gasteiger partial charge in [0.05, 0.1) is 5.69 Å². The van der Waals surface area contributed by atoms with E-state index in [4.69, 9.17) is 4.74 Å². The van der Waals surface area contributed by atoms with Crippen LogP contribution in [0.3, 0.4) is 0 Å². The molecule has 0 aliphatic rings. The molecule has 0 fully saturated rings. The number of para-hydroxylation sites is 1. The highest BCUT2D eigenvalue weighted by Gasteiger charge is 2.18. The van der Waals surface area contributed by atoms with E-state index in [2.05, 4.69) is 10.3 Å². The van der Waals surface area contributed by atoms with Gasteiger partial charge in [0.1, 0.15) is 0 Å². The molecule has 1 atom stereocenters. The molecule has 0 bridgehead atoms. The van der Waals surface area contributed by atoms with Crippen LogP contribution in [0.2, 0.25) is 0 Å². The number of carbonyl (C=O) groups excluding carboxylic acids is 1. The minimum Gasteiger partial charge on any atom is -0.478 e. The molecule has 25 heavy (non-hydrogen) atoms. The number of aryl methyl sites for hydroxylation is 1. The van der Waals surface area contributed by atoms with Gasteiger partial charge < -0.3 is 4.74 Å². The molecule has 1 N–H and O–H groups in total. The van der Waals surface area contributed by atoms with Gasteiger partial charge in [0.25, 0.3) is 5.91 Å². The SMILES string of the molecule is Cc1ccc(-c2csc(NC(=O)C(C)Oc3ccccc3F)n2)cc1. The van der Waals surface area contributed by atoms with Gasteiger partial charge in [0.15, 0.2) is 22.8 Å². The van der Waals surface area contributed by atoms with Crippen LogP contribution in [0.5, 0.6) is 5.75 Å². The zero-order valence-electron chi connectivity index (χ0n) is 13.8. The summed E-state index contributed by atoms with van der Waals surface area (Å²) in [7, 11) is 0. The quantitative estimate of drug-likeness (QED) is 0.723. The summed E-state index contributed by atoms with van der Waals surface area (Å²) in [6.07, 6.45) is -0.844. The lowest BCUT2D eigenvalue weighted by molar-refractivity contribution is -0.122. The number of carbonyl (C=O) groups is 1. The first kappa shape index (κ1) is 17.1. The van der Waals surface area contributed by atoms with E-state index in [1.54, 1.807) is 19.1 Å². The van der Waals surface area contributed by atoms with Gasteiger partial charge in [-0.15, -0.1) is 11.3 Å². The fraction of sp³-hybridized carbons (Fsp3) is 0.158. The van der Waals surface area contributed by atoms with Crippen molar-refractivity contribution in [1.82, 2.24) is 4.98 Å². The number of hydrogen-bond acceptors (Lipinski definition) is 4. The first-order chi connectivity index (χ1) is 12.0. The normalized spacial score (nSPS) is 11.8. The number of aromatic nitrogens is 1. The van der Waals surface area contributed by atoms with E-state index in [0.29, 0.717) is 5.13 Å². The molecule has 3 aromatic rings. The van der Waals surface area contributed by atoms with Gasteiger partial charge in [-0.05, 0) is 26.0 Å². The van der Waals surface area contributed by atoms with Gasteiger partial charge in [-0.3, -0.25) is 10.1 Å². The van der Waals surface area contributed by atoms with Crippen LogP contribution in [0.4, 0.5) is 9.52 Å². The van der Waals surface area contributed by atoms with E-state index in [1.165, 1.54) is 29.0 Å². The second-order valence-electron chi connectivity index (χ2n) is 5.58. The lowest BCUT2D eigenvalue weighted by atomic mass is 10.1. The highest BCUT2D eigenvalue weighted by molar-refractivity contribution is 7.14. The van der Waals surface area contributed by atoms with Gasteiger partial charge in [0.2, 0.25) is 0 Å². The van der Waals surface area contributed by atoms with E-state index >= 15 is 0 Å². The topological polar surface area (TPSA) is 51.2 Å². The van der Waals surface area contributed by atoms with Gasteiger partial charge in [-0.1, -0.05) is 42.0 Å². The standard InChI is InChI=1S/C19H17FN2O2S/c1-12-7-9-14(10-8-12)16-11-25-19(21-16)22-18(23)13(2)24-17-6-4-3-5-15(17)20/h3-11,13H,1-2H3,(H,21,22,23). The molecule has 6 heteroatoms. The number of hydrogen-bond donors (Lipinski definition) is 1. The average molecular weight is 356 g/mol. The number of nitrogens with zero attached hydrogens (tertiary/aromatic N) is 1. The van der Waals surface area contributed by atoms with E-state index in [-0.39, 0.29) is 11.7 Å². The highest BCUT2D eigenvalue weighted by Crippen LogP contribution is 2.25. The molecular formula is C19H17FN2O2S. The number of nitrogens with one attached hydrogen (secondary N) is 1. The lowest BCUT2D eigenvalue weighted by Crippen LogP contribution is -2.30. The third kappa shape index (κ3) is 4.22. The van der Waals surface area contributed by atoms with Crippen molar-refractivity contribution in [3.05, 3.63) is 65.3 Å². The maximum atomic E-state index is 13.6. The number of ether oxygens (including phenoxy) is 1. The van der Waals surface area contributed by atoms with Gasteiger partial charge in [-0.2, -0.15) is 0 Å². The Morgan fingerprint density at radius 1 is 1.20 bits per heavy atom. The summed E-state index contributed by atoms with van der Waals surface area (Å²) < 4.78 is 19.0. The van der Waals surface area contributed by atoms with Crippen molar-refractivity contribution in [2.24, 2.45) is 0 Å². The Labute approximate surface area is 149 Å². The molecule has 0 saturated heterocycles. The second-order valence-corrected chi connectivity index (χ2v) is 6.44. The maximum absolute atomic E-state index is 13.6. The number of anilines is 1. The van der Waals surface area contributed by atoms with E-state index in [0.717, 1.165) is 11.3 Å². The zero-order chi connectivity index (χ0) is 17.8. The molecule has 0 radical (unpaired) electrons. The molecule has 1 heterocycles. The summed E-state index contributed by atoms with van der Waals surface area (Å²) in [5.41, 5.74) is 2.95. The van der Waals surface area contributed by atoms with Crippen LogP contribution in [0.15, 0.2) is 53.9 Å². The Hall–Kier alpha value is -2.73. The summed E-state index contributed by atoms with van der Waals surface area (Å²) >= 11 is 1.33. The molecule has 0 spiro atoms. The summed E-state index contributed by atoms with van der Waals surface area (Å²) in [6.45, 7) is 3.59. The minimum atomic E-state index is -0.844. The van der Waals surface area contributed by atoms with E-state index in [9.17, 15) is 9.18 Å². The monoisotopic (exact) mass is 356 g/mol.